The highest BCUT2D eigenvalue weighted by atomic mass is 32.1. The molecule has 2 atom stereocenters. The molecule has 0 spiro atoms. The van der Waals surface area contributed by atoms with Gasteiger partial charge < -0.3 is 20.1 Å². The van der Waals surface area contributed by atoms with Crippen molar-refractivity contribution < 1.29 is 18.0 Å². The topological polar surface area (TPSA) is 101 Å². The van der Waals surface area contributed by atoms with Crippen LogP contribution >= 0.6 is 11.3 Å². The normalized spacial score (nSPS) is 19.0. The number of anilines is 1. The molecule has 1 fully saturated rings. The average Bonchev–Trinajstić information content (AvgIpc) is 3.60. The van der Waals surface area contributed by atoms with Crippen molar-refractivity contribution in [1.29, 1.82) is 0 Å². The lowest BCUT2D eigenvalue weighted by molar-refractivity contribution is -0.147. The molecule has 2 aliphatic heterocycles. The Bertz CT molecular complexity index is 1280. The molecule has 0 bridgehead atoms. The van der Waals surface area contributed by atoms with Gasteiger partial charge >= 0.3 is 6.18 Å². The number of alkyl halides is 3. The van der Waals surface area contributed by atoms with E-state index in [1.54, 1.807) is 11.3 Å². The fourth-order valence-corrected chi connectivity index (χ4v) is 6.08. The maximum atomic E-state index is 13.4. The second kappa shape index (κ2) is 10.2. The molecule has 2 aliphatic rings. The fraction of sp³-hybridized carbons (Fsp3) is 0.625. The lowest BCUT2D eigenvalue weighted by Crippen LogP contribution is -2.39. The summed E-state index contributed by atoms with van der Waals surface area (Å²) in [5.41, 5.74) is 0. The van der Waals surface area contributed by atoms with Crippen LogP contribution in [-0.2, 0) is 30.5 Å². The van der Waals surface area contributed by atoms with Crippen LogP contribution in [0.5, 0.6) is 0 Å². The first-order chi connectivity index (χ1) is 17.7. The Hall–Kier alpha value is -2.80. The van der Waals surface area contributed by atoms with E-state index in [-0.39, 0.29) is 42.7 Å². The van der Waals surface area contributed by atoms with E-state index in [9.17, 15) is 18.0 Å². The van der Waals surface area contributed by atoms with Gasteiger partial charge in [0.25, 0.3) is 0 Å². The van der Waals surface area contributed by atoms with E-state index in [2.05, 4.69) is 33.8 Å². The Kier molecular flexibility index (Phi) is 7.10. The number of aromatic nitrogens is 5. The predicted molar refractivity (Wildman–Crippen MR) is 134 cm³/mol. The van der Waals surface area contributed by atoms with Gasteiger partial charge in [0.1, 0.15) is 10.6 Å². The summed E-state index contributed by atoms with van der Waals surface area (Å²) in [5.74, 6) is 0.373. The van der Waals surface area contributed by atoms with Crippen LogP contribution in [0.1, 0.15) is 62.0 Å². The average molecular weight is 537 g/mol. The van der Waals surface area contributed by atoms with Gasteiger partial charge in [-0.15, -0.1) is 21.5 Å². The molecule has 1 saturated heterocycles. The van der Waals surface area contributed by atoms with Gasteiger partial charge in [-0.2, -0.15) is 13.2 Å². The summed E-state index contributed by atoms with van der Waals surface area (Å²) in [6, 6.07) is 1.72. The first-order valence-corrected chi connectivity index (χ1v) is 13.5. The molecule has 0 saturated carbocycles. The number of nitrogens with zero attached hydrogens (tertiary/aromatic N) is 6. The molecule has 1 amide bonds. The second-order valence-electron chi connectivity index (χ2n) is 9.99. The van der Waals surface area contributed by atoms with E-state index in [1.807, 2.05) is 18.7 Å². The Morgan fingerprint density at radius 1 is 1.27 bits per heavy atom. The number of hydrogen-bond acceptors (Lipinski definition) is 8. The number of hydrogen-bond donors (Lipinski definition) is 2. The molecule has 5 heterocycles. The minimum Gasteiger partial charge on any atom is -0.347 e. The van der Waals surface area contributed by atoms with Crippen LogP contribution in [0.4, 0.5) is 19.0 Å². The summed E-state index contributed by atoms with van der Waals surface area (Å²) in [6.45, 7) is 8.00. The summed E-state index contributed by atoms with van der Waals surface area (Å²) in [7, 11) is 0. The fourth-order valence-electron chi connectivity index (χ4n) is 4.94. The molecular formula is C24H31F3N8OS. The smallest absolute Gasteiger partial charge is 0.347 e. The molecule has 2 N–H and O–H groups in total. The number of amides is 1. The van der Waals surface area contributed by atoms with E-state index < -0.39 is 12.0 Å². The summed E-state index contributed by atoms with van der Waals surface area (Å²) >= 11 is 1.60. The highest BCUT2D eigenvalue weighted by molar-refractivity contribution is 7.18. The first-order valence-electron chi connectivity index (χ1n) is 12.7. The molecule has 200 valence electrons. The van der Waals surface area contributed by atoms with Crippen molar-refractivity contribution in [3.63, 3.8) is 0 Å². The van der Waals surface area contributed by atoms with Crippen LogP contribution in [0.3, 0.4) is 0 Å². The van der Waals surface area contributed by atoms with Crippen molar-refractivity contribution in [3.05, 3.63) is 28.4 Å². The van der Waals surface area contributed by atoms with Crippen LogP contribution < -0.4 is 15.5 Å². The van der Waals surface area contributed by atoms with Crippen molar-refractivity contribution in [2.24, 2.45) is 11.8 Å². The third-order valence-corrected chi connectivity index (χ3v) is 8.00. The standard InChI is InChI=1S/C24H31F3N8OS/c1-4-5-15-10-16-20(34-8-9-35-17(12-34)32-33-23(35)24(25,26)27)30-19(31-22(16)37-15)18(14-6-7-28-11-14)29-21(36)13(2)3/h10,13-14,18,28H,4-9,11-12H2,1-3H3,(H,29,36)/t14?,18-/m1/s1. The third kappa shape index (κ3) is 5.15. The zero-order valence-corrected chi connectivity index (χ0v) is 21.9. The highest BCUT2D eigenvalue weighted by Gasteiger charge is 2.40. The number of fused-ring (bicyclic) bond motifs is 2. The van der Waals surface area contributed by atoms with Gasteiger partial charge in [-0.05, 0) is 25.5 Å². The molecule has 37 heavy (non-hydrogen) atoms. The van der Waals surface area contributed by atoms with Crippen molar-refractivity contribution in [3.8, 4) is 0 Å². The van der Waals surface area contributed by atoms with Crippen molar-refractivity contribution in [2.45, 2.75) is 65.3 Å². The van der Waals surface area contributed by atoms with Crippen LogP contribution in [0, 0.1) is 11.8 Å². The van der Waals surface area contributed by atoms with Crippen molar-refractivity contribution in [1.82, 2.24) is 35.4 Å². The van der Waals surface area contributed by atoms with E-state index in [0.717, 1.165) is 47.1 Å². The number of nitrogens with one attached hydrogen (secondary N) is 2. The molecule has 0 radical (unpaired) electrons. The Labute approximate surface area is 216 Å². The van der Waals surface area contributed by atoms with E-state index >= 15 is 0 Å². The van der Waals surface area contributed by atoms with Crippen LogP contribution in [0.15, 0.2) is 6.07 Å². The van der Waals surface area contributed by atoms with Gasteiger partial charge in [0.2, 0.25) is 11.7 Å². The molecule has 5 rings (SSSR count). The number of aryl methyl sites for hydroxylation is 1. The summed E-state index contributed by atoms with van der Waals surface area (Å²) in [4.78, 5) is 26.6. The van der Waals surface area contributed by atoms with Gasteiger partial charge in [0.15, 0.2) is 11.6 Å². The Morgan fingerprint density at radius 3 is 2.76 bits per heavy atom. The summed E-state index contributed by atoms with van der Waals surface area (Å²) in [5, 5.41) is 14.7. The Balaban J connectivity index is 1.57. The maximum Gasteiger partial charge on any atom is 0.451 e. The minimum atomic E-state index is -4.55. The quantitative estimate of drug-likeness (QED) is 0.475. The SMILES string of the molecule is CCCc1cc2c(N3CCn4c(nnc4C(F)(F)F)C3)nc([C@H](NC(=O)C(C)C)C3CCNC3)nc2s1. The van der Waals surface area contributed by atoms with Crippen LogP contribution in [-0.4, -0.2) is 50.3 Å². The molecular weight excluding hydrogens is 505 g/mol. The summed E-state index contributed by atoms with van der Waals surface area (Å²) < 4.78 is 41.2. The van der Waals surface area contributed by atoms with E-state index in [1.165, 1.54) is 4.88 Å². The molecule has 0 aromatic carbocycles. The first kappa shape index (κ1) is 25.8. The zero-order valence-electron chi connectivity index (χ0n) is 21.1. The van der Waals surface area contributed by atoms with Gasteiger partial charge in [-0.1, -0.05) is 27.2 Å². The van der Waals surface area contributed by atoms with E-state index in [0.29, 0.717) is 18.2 Å². The van der Waals surface area contributed by atoms with Crippen LogP contribution in [0.25, 0.3) is 10.2 Å². The van der Waals surface area contributed by atoms with Crippen molar-refractivity contribution >= 4 is 33.3 Å². The number of rotatable bonds is 7. The maximum absolute atomic E-state index is 13.4. The lowest BCUT2D eigenvalue weighted by atomic mass is 9.97. The van der Waals surface area contributed by atoms with Gasteiger partial charge in [-0.3, -0.25) is 4.79 Å². The molecule has 13 heteroatoms. The predicted octanol–water partition coefficient (Wildman–Crippen LogP) is 3.70. The second-order valence-corrected chi connectivity index (χ2v) is 11.1. The van der Waals surface area contributed by atoms with E-state index in [4.69, 9.17) is 9.97 Å². The molecule has 1 unspecified atom stereocenters. The monoisotopic (exact) mass is 536 g/mol. The Morgan fingerprint density at radius 2 is 2.08 bits per heavy atom. The largest absolute Gasteiger partial charge is 0.451 e. The molecule has 3 aromatic rings. The number of carbonyl (C=O) groups is 1. The number of halogens is 3. The molecule has 9 nitrogen and oxygen atoms in total. The van der Waals surface area contributed by atoms with Crippen LogP contribution in [0.2, 0.25) is 0 Å². The number of thiophene rings is 1. The molecule has 3 aromatic heterocycles. The van der Waals surface area contributed by atoms with Gasteiger partial charge in [0.05, 0.1) is 18.0 Å². The van der Waals surface area contributed by atoms with Gasteiger partial charge in [-0.25, -0.2) is 9.97 Å². The zero-order chi connectivity index (χ0) is 26.3. The molecule has 0 aliphatic carbocycles. The van der Waals surface area contributed by atoms with Crippen molar-refractivity contribution in [2.75, 3.05) is 24.5 Å². The van der Waals surface area contributed by atoms with Gasteiger partial charge in [0, 0.05) is 36.3 Å². The third-order valence-electron chi connectivity index (χ3n) is 6.91. The minimum absolute atomic E-state index is 0.0641. The number of carbonyl (C=O) groups excluding carboxylic acids is 1. The highest BCUT2D eigenvalue weighted by Crippen LogP contribution is 2.37. The lowest BCUT2D eigenvalue weighted by Gasteiger charge is -2.30. The summed E-state index contributed by atoms with van der Waals surface area (Å²) in [6.07, 6.45) is -1.78.